The van der Waals surface area contributed by atoms with E-state index in [2.05, 4.69) is 4.90 Å². The lowest BCUT2D eigenvalue weighted by molar-refractivity contribution is 0.234. The van der Waals surface area contributed by atoms with Gasteiger partial charge in [0.1, 0.15) is 5.82 Å². The number of aryl methyl sites for hydroxylation is 1. The normalized spacial score (nSPS) is 17.8. The standard InChI is InChI=1S/C20H24FNOS/c1-16-2-8-19(9-3-16)24(23)20-11-14-22(15-12-20)13-10-17-4-6-18(21)7-5-17/h2-9,20H,10-15H2,1H3. The molecule has 1 atom stereocenters. The third-order valence-corrected chi connectivity index (χ3v) is 6.53. The van der Waals surface area contributed by atoms with E-state index in [1.54, 1.807) is 0 Å². The predicted octanol–water partition coefficient (Wildman–Crippen LogP) is 3.95. The highest BCUT2D eigenvalue weighted by molar-refractivity contribution is 7.85. The van der Waals surface area contributed by atoms with Crippen LogP contribution in [0.25, 0.3) is 0 Å². The Hall–Kier alpha value is -1.52. The third-order valence-electron chi connectivity index (χ3n) is 4.72. The van der Waals surface area contributed by atoms with E-state index in [-0.39, 0.29) is 11.1 Å². The summed E-state index contributed by atoms with van der Waals surface area (Å²) in [7, 11) is -0.904. The molecule has 1 aliphatic heterocycles. The van der Waals surface area contributed by atoms with Crippen LogP contribution in [0.5, 0.6) is 0 Å². The van der Waals surface area contributed by atoms with Gasteiger partial charge in [-0.3, -0.25) is 4.21 Å². The van der Waals surface area contributed by atoms with Gasteiger partial charge < -0.3 is 4.90 Å². The first kappa shape index (κ1) is 17.3. The van der Waals surface area contributed by atoms with Crippen molar-refractivity contribution in [1.82, 2.24) is 4.90 Å². The zero-order valence-corrected chi connectivity index (χ0v) is 14.9. The van der Waals surface area contributed by atoms with Gasteiger partial charge in [0.05, 0.1) is 10.8 Å². The lowest BCUT2D eigenvalue weighted by atomic mass is 10.1. The van der Waals surface area contributed by atoms with E-state index in [0.29, 0.717) is 0 Å². The Bertz CT molecular complexity index is 676. The molecule has 1 saturated heterocycles. The van der Waals surface area contributed by atoms with Crippen LogP contribution in [0.15, 0.2) is 53.4 Å². The van der Waals surface area contributed by atoms with Crippen molar-refractivity contribution in [3.63, 3.8) is 0 Å². The van der Waals surface area contributed by atoms with Gasteiger partial charge in [0, 0.05) is 16.7 Å². The van der Waals surface area contributed by atoms with Crippen molar-refractivity contribution < 1.29 is 8.60 Å². The average Bonchev–Trinajstić information content (AvgIpc) is 2.62. The molecule has 0 radical (unpaired) electrons. The monoisotopic (exact) mass is 345 g/mol. The molecule has 1 fully saturated rings. The topological polar surface area (TPSA) is 20.3 Å². The lowest BCUT2D eigenvalue weighted by Gasteiger charge is -2.31. The Balaban J connectivity index is 1.47. The first-order valence-electron chi connectivity index (χ1n) is 8.56. The van der Waals surface area contributed by atoms with Gasteiger partial charge in [-0.1, -0.05) is 29.8 Å². The minimum atomic E-state index is -0.904. The molecule has 0 saturated carbocycles. The van der Waals surface area contributed by atoms with E-state index < -0.39 is 10.8 Å². The van der Waals surface area contributed by atoms with Gasteiger partial charge in [0.15, 0.2) is 0 Å². The second-order valence-electron chi connectivity index (χ2n) is 6.53. The van der Waals surface area contributed by atoms with Crippen LogP contribution in [0.2, 0.25) is 0 Å². The smallest absolute Gasteiger partial charge is 0.123 e. The summed E-state index contributed by atoms with van der Waals surface area (Å²) in [5, 5.41) is 0.259. The number of benzene rings is 2. The summed E-state index contributed by atoms with van der Waals surface area (Å²) in [4.78, 5) is 3.37. The summed E-state index contributed by atoms with van der Waals surface area (Å²) >= 11 is 0. The highest BCUT2D eigenvalue weighted by atomic mass is 32.2. The molecule has 0 aromatic heterocycles. The van der Waals surface area contributed by atoms with Crippen LogP contribution in [0, 0.1) is 12.7 Å². The lowest BCUT2D eigenvalue weighted by Crippen LogP contribution is -2.38. The first-order chi connectivity index (χ1) is 11.6. The number of nitrogens with zero attached hydrogens (tertiary/aromatic N) is 1. The number of rotatable bonds is 5. The van der Waals surface area contributed by atoms with Crippen molar-refractivity contribution in [2.45, 2.75) is 36.3 Å². The number of piperidine rings is 1. The van der Waals surface area contributed by atoms with E-state index in [1.807, 2.05) is 43.3 Å². The fourth-order valence-electron chi connectivity index (χ4n) is 3.15. The van der Waals surface area contributed by atoms with E-state index in [0.717, 1.165) is 43.8 Å². The molecular weight excluding hydrogens is 321 g/mol. The van der Waals surface area contributed by atoms with Crippen LogP contribution in [0.4, 0.5) is 4.39 Å². The van der Waals surface area contributed by atoms with E-state index in [9.17, 15) is 8.60 Å². The molecule has 2 nitrogen and oxygen atoms in total. The second kappa shape index (κ2) is 8.04. The fraction of sp³-hybridized carbons (Fsp3) is 0.400. The van der Waals surface area contributed by atoms with Crippen LogP contribution in [0.3, 0.4) is 0 Å². The third kappa shape index (κ3) is 4.52. The number of halogens is 1. The molecule has 0 amide bonds. The summed E-state index contributed by atoms with van der Waals surface area (Å²) < 4.78 is 25.6. The maximum absolute atomic E-state index is 12.9. The Morgan fingerprint density at radius 3 is 2.29 bits per heavy atom. The minimum Gasteiger partial charge on any atom is -0.303 e. The van der Waals surface area contributed by atoms with Gasteiger partial charge in [0.25, 0.3) is 0 Å². The van der Waals surface area contributed by atoms with E-state index >= 15 is 0 Å². The SMILES string of the molecule is Cc1ccc(S(=O)C2CCN(CCc3ccc(F)cc3)CC2)cc1. The Kier molecular flexibility index (Phi) is 5.80. The summed E-state index contributed by atoms with van der Waals surface area (Å²) in [5.74, 6) is -0.182. The highest BCUT2D eigenvalue weighted by Crippen LogP contribution is 2.21. The van der Waals surface area contributed by atoms with Crippen molar-refractivity contribution in [3.05, 3.63) is 65.5 Å². The average molecular weight is 345 g/mol. The zero-order valence-electron chi connectivity index (χ0n) is 14.1. The highest BCUT2D eigenvalue weighted by Gasteiger charge is 2.24. The van der Waals surface area contributed by atoms with Crippen molar-refractivity contribution in [2.75, 3.05) is 19.6 Å². The van der Waals surface area contributed by atoms with Crippen LogP contribution in [-0.2, 0) is 17.2 Å². The van der Waals surface area contributed by atoms with Crippen LogP contribution in [0.1, 0.15) is 24.0 Å². The van der Waals surface area contributed by atoms with Crippen molar-refractivity contribution in [1.29, 1.82) is 0 Å². The summed E-state index contributed by atoms with van der Waals surface area (Å²) in [6.07, 6.45) is 2.89. The van der Waals surface area contributed by atoms with Crippen molar-refractivity contribution in [2.24, 2.45) is 0 Å². The van der Waals surface area contributed by atoms with E-state index in [1.165, 1.54) is 23.3 Å². The van der Waals surface area contributed by atoms with Gasteiger partial charge in [-0.15, -0.1) is 0 Å². The van der Waals surface area contributed by atoms with Crippen LogP contribution in [-0.4, -0.2) is 34.0 Å². The molecule has 0 aliphatic carbocycles. The molecule has 4 heteroatoms. The predicted molar refractivity (Wildman–Crippen MR) is 97.2 cm³/mol. The molecule has 2 aromatic carbocycles. The Morgan fingerprint density at radius 1 is 1.04 bits per heavy atom. The summed E-state index contributed by atoms with van der Waals surface area (Å²) in [5.41, 5.74) is 2.37. The molecule has 1 heterocycles. The quantitative estimate of drug-likeness (QED) is 0.818. The molecule has 1 unspecified atom stereocenters. The fourth-order valence-corrected chi connectivity index (χ4v) is 4.58. The summed E-state index contributed by atoms with van der Waals surface area (Å²) in [6, 6.07) is 14.8. The number of likely N-dealkylation sites (tertiary alicyclic amines) is 1. The van der Waals surface area contributed by atoms with Gasteiger partial charge >= 0.3 is 0 Å². The maximum atomic E-state index is 12.9. The zero-order chi connectivity index (χ0) is 16.9. The second-order valence-corrected chi connectivity index (χ2v) is 8.26. The summed E-state index contributed by atoms with van der Waals surface area (Å²) in [6.45, 7) is 5.01. The van der Waals surface area contributed by atoms with Gasteiger partial charge in [-0.25, -0.2) is 4.39 Å². The van der Waals surface area contributed by atoms with E-state index in [4.69, 9.17) is 0 Å². The maximum Gasteiger partial charge on any atom is 0.123 e. The van der Waals surface area contributed by atoms with Gasteiger partial charge in [-0.2, -0.15) is 0 Å². The molecule has 3 rings (SSSR count). The van der Waals surface area contributed by atoms with Crippen LogP contribution >= 0.6 is 0 Å². The van der Waals surface area contributed by atoms with Crippen molar-refractivity contribution >= 4 is 10.8 Å². The van der Waals surface area contributed by atoms with Gasteiger partial charge in [0.2, 0.25) is 0 Å². The molecule has 24 heavy (non-hydrogen) atoms. The Morgan fingerprint density at radius 2 is 1.67 bits per heavy atom. The first-order valence-corrected chi connectivity index (χ1v) is 9.77. The molecule has 1 aliphatic rings. The molecule has 0 bridgehead atoms. The number of hydrogen-bond donors (Lipinski definition) is 0. The Labute approximate surface area is 146 Å². The molecule has 2 aromatic rings. The number of hydrogen-bond acceptors (Lipinski definition) is 2. The molecule has 0 N–H and O–H groups in total. The van der Waals surface area contributed by atoms with Crippen LogP contribution < -0.4 is 0 Å². The largest absolute Gasteiger partial charge is 0.303 e. The molecular formula is C20H24FNOS. The molecule has 0 spiro atoms. The van der Waals surface area contributed by atoms with Crippen molar-refractivity contribution in [3.8, 4) is 0 Å². The minimum absolute atomic E-state index is 0.182. The molecule has 128 valence electrons. The van der Waals surface area contributed by atoms with Gasteiger partial charge in [-0.05, 0) is 69.1 Å².